The Labute approximate surface area is 89.2 Å². The number of halogens is 1. The van der Waals surface area contributed by atoms with Gasteiger partial charge < -0.3 is 4.74 Å². The van der Waals surface area contributed by atoms with Crippen molar-refractivity contribution in [3.63, 3.8) is 0 Å². The third-order valence-electron chi connectivity index (χ3n) is 2.35. The average Bonchev–Trinajstić information content (AvgIpc) is 2.56. The van der Waals surface area contributed by atoms with Gasteiger partial charge in [0.25, 0.3) is 0 Å². The molecule has 14 heavy (non-hydrogen) atoms. The zero-order valence-corrected chi connectivity index (χ0v) is 8.92. The Hall–Kier alpha value is -0.570. The van der Waals surface area contributed by atoms with Gasteiger partial charge in [0, 0.05) is 17.5 Å². The fourth-order valence-corrected chi connectivity index (χ4v) is 1.75. The monoisotopic (exact) mass is 211 g/mol. The minimum atomic E-state index is 0.158. The predicted molar refractivity (Wildman–Crippen MR) is 57.5 cm³/mol. The molecule has 0 bridgehead atoms. The maximum atomic E-state index is 5.80. The topological polar surface area (TPSA) is 21.3 Å². The van der Waals surface area contributed by atoms with Gasteiger partial charge in [-0.05, 0) is 24.6 Å². The van der Waals surface area contributed by atoms with Gasteiger partial charge in [-0.25, -0.2) is 0 Å². The summed E-state index contributed by atoms with van der Waals surface area (Å²) in [5, 5.41) is 4.14. The Morgan fingerprint density at radius 1 is 1.43 bits per heavy atom. The molecule has 0 aliphatic carbocycles. The molecule has 2 rings (SSSR count). The first-order valence-corrected chi connectivity index (χ1v) is 5.24. The minimum Gasteiger partial charge on any atom is -0.361 e. The highest BCUT2D eigenvalue weighted by atomic mass is 35.5. The second-order valence-electron chi connectivity index (χ2n) is 3.72. The van der Waals surface area contributed by atoms with Crippen molar-refractivity contribution < 1.29 is 4.74 Å². The smallest absolute Gasteiger partial charge is 0.112 e. The van der Waals surface area contributed by atoms with Gasteiger partial charge in [0.05, 0.1) is 6.61 Å². The van der Waals surface area contributed by atoms with Crippen molar-refractivity contribution in [3.8, 4) is 0 Å². The summed E-state index contributed by atoms with van der Waals surface area (Å²) in [7, 11) is 0. The molecule has 2 nitrogen and oxygen atoms in total. The molecule has 3 heteroatoms. The van der Waals surface area contributed by atoms with Crippen molar-refractivity contribution in [2.45, 2.75) is 25.6 Å². The molecule has 1 aliphatic rings. The maximum Gasteiger partial charge on any atom is 0.112 e. The van der Waals surface area contributed by atoms with Crippen molar-refractivity contribution in [2.75, 3.05) is 6.61 Å². The number of hydrogen-bond donors (Lipinski definition) is 1. The van der Waals surface area contributed by atoms with Crippen molar-refractivity contribution in [1.82, 2.24) is 5.32 Å². The quantitative estimate of drug-likeness (QED) is 0.810. The summed E-state index contributed by atoms with van der Waals surface area (Å²) < 4.78 is 5.56. The van der Waals surface area contributed by atoms with Crippen molar-refractivity contribution in [3.05, 3.63) is 34.9 Å². The maximum absolute atomic E-state index is 5.80. The first-order valence-electron chi connectivity index (χ1n) is 4.86. The number of hydrogen-bond acceptors (Lipinski definition) is 2. The molecule has 1 saturated heterocycles. The Morgan fingerprint density at radius 3 is 2.71 bits per heavy atom. The van der Waals surface area contributed by atoms with E-state index in [1.54, 1.807) is 0 Å². The number of ether oxygens (including phenoxy) is 1. The van der Waals surface area contributed by atoms with E-state index in [0.29, 0.717) is 6.04 Å². The van der Waals surface area contributed by atoms with Gasteiger partial charge >= 0.3 is 0 Å². The molecule has 2 atom stereocenters. The normalized spacial score (nSPS) is 26.7. The average molecular weight is 212 g/mol. The van der Waals surface area contributed by atoms with Gasteiger partial charge in [0.2, 0.25) is 0 Å². The van der Waals surface area contributed by atoms with Crippen molar-refractivity contribution >= 4 is 11.6 Å². The summed E-state index contributed by atoms with van der Waals surface area (Å²) in [6, 6.07) is 8.37. The van der Waals surface area contributed by atoms with E-state index in [2.05, 4.69) is 12.2 Å². The van der Waals surface area contributed by atoms with E-state index in [1.807, 2.05) is 24.3 Å². The van der Waals surface area contributed by atoms with Gasteiger partial charge in [-0.2, -0.15) is 0 Å². The van der Waals surface area contributed by atoms with Crippen LogP contribution in [0.15, 0.2) is 24.3 Å². The number of rotatable bonds is 2. The predicted octanol–water partition coefficient (Wildman–Crippen LogP) is 2.22. The van der Waals surface area contributed by atoms with Crippen LogP contribution in [0, 0.1) is 0 Å². The molecule has 1 aliphatic heterocycles. The van der Waals surface area contributed by atoms with Crippen LogP contribution in [0.3, 0.4) is 0 Å². The largest absolute Gasteiger partial charge is 0.361 e. The lowest BCUT2D eigenvalue weighted by Crippen LogP contribution is -2.29. The van der Waals surface area contributed by atoms with E-state index in [1.165, 1.54) is 5.56 Å². The van der Waals surface area contributed by atoms with Gasteiger partial charge in [0.1, 0.15) is 6.23 Å². The third kappa shape index (κ3) is 2.47. The van der Waals surface area contributed by atoms with Gasteiger partial charge in [0.15, 0.2) is 0 Å². The molecule has 1 aromatic rings. The fraction of sp³-hybridized carbons (Fsp3) is 0.455. The zero-order chi connectivity index (χ0) is 9.97. The highest BCUT2D eigenvalue weighted by molar-refractivity contribution is 6.30. The lowest BCUT2D eigenvalue weighted by Gasteiger charge is -2.10. The summed E-state index contributed by atoms with van der Waals surface area (Å²) >= 11 is 5.80. The van der Waals surface area contributed by atoms with Crippen LogP contribution in [0.25, 0.3) is 0 Å². The molecule has 0 amide bonds. The molecule has 0 spiro atoms. The molecular formula is C11H14ClNO. The summed E-state index contributed by atoms with van der Waals surface area (Å²) in [5.41, 5.74) is 1.25. The van der Waals surface area contributed by atoms with E-state index in [-0.39, 0.29) is 6.23 Å². The fourth-order valence-electron chi connectivity index (χ4n) is 1.63. The second-order valence-corrected chi connectivity index (χ2v) is 4.16. The summed E-state index contributed by atoms with van der Waals surface area (Å²) in [5.74, 6) is 0. The Bertz CT molecular complexity index is 299. The van der Waals surface area contributed by atoms with E-state index < -0.39 is 0 Å². The first kappa shape index (κ1) is 9.97. The molecule has 0 radical (unpaired) electrons. The summed E-state index contributed by atoms with van der Waals surface area (Å²) in [6.07, 6.45) is 1.06. The van der Waals surface area contributed by atoms with Crippen LogP contribution in [-0.2, 0) is 11.2 Å². The van der Waals surface area contributed by atoms with Crippen LogP contribution in [0.2, 0.25) is 5.02 Å². The Morgan fingerprint density at radius 2 is 2.14 bits per heavy atom. The minimum absolute atomic E-state index is 0.158. The van der Waals surface area contributed by atoms with Gasteiger partial charge in [-0.3, -0.25) is 5.32 Å². The number of benzene rings is 1. The van der Waals surface area contributed by atoms with Crippen LogP contribution < -0.4 is 5.32 Å². The van der Waals surface area contributed by atoms with Crippen LogP contribution in [0.4, 0.5) is 0 Å². The molecule has 1 heterocycles. The first-order chi connectivity index (χ1) is 6.74. The second kappa shape index (κ2) is 4.30. The SMILES string of the molecule is CC1COC(Cc2ccc(Cl)cc2)N1. The van der Waals surface area contributed by atoms with Gasteiger partial charge in [-0.15, -0.1) is 0 Å². The summed E-state index contributed by atoms with van der Waals surface area (Å²) in [4.78, 5) is 0. The highest BCUT2D eigenvalue weighted by Gasteiger charge is 2.20. The zero-order valence-electron chi connectivity index (χ0n) is 8.16. The Balaban J connectivity index is 1.94. The van der Waals surface area contributed by atoms with Crippen LogP contribution in [-0.4, -0.2) is 18.9 Å². The van der Waals surface area contributed by atoms with E-state index in [0.717, 1.165) is 18.1 Å². The molecule has 1 aromatic carbocycles. The van der Waals surface area contributed by atoms with Crippen molar-refractivity contribution in [2.24, 2.45) is 0 Å². The van der Waals surface area contributed by atoms with E-state index >= 15 is 0 Å². The molecule has 1 N–H and O–H groups in total. The van der Waals surface area contributed by atoms with Crippen molar-refractivity contribution in [1.29, 1.82) is 0 Å². The third-order valence-corrected chi connectivity index (χ3v) is 2.60. The standard InChI is InChI=1S/C11H14ClNO/c1-8-7-14-11(13-8)6-9-2-4-10(12)5-3-9/h2-5,8,11,13H,6-7H2,1H3. The highest BCUT2D eigenvalue weighted by Crippen LogP contribution is 2.13. The van der Waals surface area contributed by atoms with Crippen LogP contribution >= 0.6 is 11.6 Å². The van der Waals surface area contributed by atoms with Gasteiger partial charge in [-0.1, -0.05) is 23.7 Å². The summed E-state index contributed by atoms with van der Waals surface area (Å²) in [6.45, 7) is 2.93. The van der Waals surface area contributed by atoms with Crippen LogP contribution in [0.5, 0.6) is 0 Å². The molecule has 1 fully saturated rings. The number of nitrogens with one attached hydrogen (secondary N) is 1. The molecule has 0 aromatic heterocycles. The molecule has 76 valence electrons. The van der Waals surface area contributed by atoms with E-state index in [9.17, 15) is 0 Å². The molecular weight excluding hydrogens is 198 g/mol. The molecule has 0 saturated carbocycles. The molecule has 2 unspecified atom stereocenters. The Kier molecular flexibility index (Phi) is 3.06. The lowest BCUT2D eigenvalue weighted by atomic mass is 10.1. The lowest BCUT2D eigenvalue weighted by molar-refractivity contribution is 0.101. The van der Waals surface area contributed by atoms with E-state index in [4.69, 9.17) is 16.3 Å². The van der Waals surface area contributed by atoms with Crippen LogP contribution in [0.1, 0.15) is 12.5 Å².